The maximum atomic E-state index is 11.1. The van der Waals surface area contributed by atoms with Crippen LogP contribution in [0.2, 0.25) is 0 Å². The minimum atomic E-state index is -1.59. The third-order valence-electron chi connectivity index (χ3n) is 2.51. The second kappa shape index (κ2) is 3.88. The van der Waals surface area contributed by atoms with E-state index in [0.29, 0.717) is 0 Å². The van der Waals surface area contributed by atoms with Crippen molar-refractivity contribution in [2.75, 3.05) is 0 Å². The number of aromatic nitrogens is 1. The molecule has 0 aliphatic carbocycles. The molecule has 18 heavy (non-hydrogen) atoms. The lowest BCUT2D eigenvalue weighted by Gasteiger charge is -2.07. The molecule has 7 nitrogen and oxygen atoms in total. The van der Waals surface area contributed by atoms with Crippen molar-refractivity contribution in [1.29, 1.82) is 0 Å². The van der Waals surface area contributed by atoms with E-state index in [1.165, 1.54) is 12.3 Å². The van der Waals surface area contributed by atoms with E-state index < -0.39 is 34.6 Å². The highest BCUT2D eigenvalue weighted by Crippen LogP contribution is 2.26. The normalized spacial score (nSPS) is 10.4. The molecule has 0 unspecified atom stereocenters. The molecule has 2 aromatic rings. The zero-order chi connectivity index (χ0) is 13.4. The highest BCUT2D eigenvalue weighted by atomic mass is 16.4. The van der Waals surface area contributed by atoms with E-state index in [-0.39, 0.29) is 10.9 Å². The average molecular weight is 249 g/mol. The minimum absolute atomic E-state index is 0.157. The van der Waals surface area contributed by atoms with Crippen LogP contribution in [0.4, 0.5) is 0 Å². The second-order valence-corrected chi connectivity index (χ2v) is 3.53. The zero-order valence-corrected chi connectivity index (χ0v) is 8.80. The summed E-state index contributed by atoms with van der Waals surface area (Å²) in [5.41, 5.74) is -1.55. The van der Waals surface area contributed by atoms with Gasteiger partial charge in [-0.3, -0.25) is 0 Å². The van der Waals surface area contributed by atoms with Crippen molar-refractivity contribution in [3.05, 3.63) is 35.0 Å². The second-order valence-electron chi connectivity index (χ2n) is 3.53. The number of carbonyl (C=O) groups is 3. The number of nitrogens with one attached hydrogen (secondary N) is 1. The van der Waals surface area contributed by atoms with E-state index >= 15 is 0 Å². The van der Waals surface area contributed by atoms with Gasteiger partial charge < -0.3 is 20.3 Å². The first-order valence-electron chi connectivity index (χ1n) is 4.77. The smallest absolute Gasteiger partial charge is 0.337 e. The third-order valence-corrected chi connectivity index (χ3v) is 2.51. The first kappa shape index (κ1) is 11.6. The molecule has 0 saturated heterocycles. The van der Waals surface area contributed by atoms with Gasteiger partial charge in [-0.2, -0.15) is 0 Å². The molecule has 0 amide bonds. The van der Waals surface area contributed by atoms with Crippen LogP contribution in [-0.2, 0) is 0 Å². The van der Waals surface area contributed by atoms with Crippen LogP contribution in [0.1, 0.15) is 31.1 Å². The third kappa shape index (κ3) is 1.58. The number of rotatable bonds is 3. The van der Waals surface area contributed by atoms with Gasteiger partial charge in [-0.05, 0) is 12.1 Å². The van der Waals surface area contributed by atoms with Crippen molar-refractivity contribution in [2.45, 2.75) is 0 Å². The number of carboxylic acids is 3. The molecule has 0 atom stereocenters. The first-order valence-corrected chi connectivity index (χ1v) is 4.77. The maximum absolute atomic E-state index is 11.1. The van der Waals surface area contributed by atoms with Gasteiger partial charge in [0.2, 0.25) is 0 Å². The van der Waals surface area contributed by atoms with Gasteiger partial charge in [0.1, 0.15) is 0 Å². The zero-order valence-electron chi connectivity index (χ0n) is 8.80. The van der Waals surface area contributed by atoms with Crippen LogP contribution in [0, 0.1) is 0 Å². The van der Waals surface area contributed by atoms with E-state index in [9.17, 15) is 14.4 Å². The summed E-state index contributed by atoms with van der Waals surface area (Å²) in [4.78, 5) is 35.9. The van der Waals surface area contributed by atoms with Crippen LogP contribution in [0.15, 0.2) is 18.3 Å². The maximum Gasteiger partial charge on any atom is 0.337 e. The Labute approximate surface area is 99.3 Å². The predicted octanol–water partition coefficient (Wildman–Crippen LogP) is 1.26. The quantitative estimate of drug-likeness (QED) is 0.648. The molecule has 0 spiro atoms. The standard InChI is InChI=1S/C11H7NO6/c13-9(14)5-3-6-4(1-2-12-6)7(10(15)16)8(5)11(17)18/h1-3,12H,(H,13,14)(H,15,16)(H,17,18). The SMILES string of the molecule is O=C(O)c1cc2[nH]ccc2c(C(=O)O)c1C(=O)O. The molecule has 1 aromatic heterocycles. The fraction of sp³-hybridized carbons (Fsp3) is 0. The summed E-state index contributed by atoms with van der Waals surface area (Å²) in [6.07, 6.45) is 1.41. The van der Waals surface area contributed by atoms with Gasteiger partial charge in [-0.15, -0.1) is 0 Å². The number of aromatic amines is 1. The Morgan fingerprint density at radius 3 is 2.06 bits per heavy atom. The molecule has 0 aliphatic rings. The molecule has 0 bridgehead atoms. The van der Waals surface area contributed by atoms with Gasteiger partial charge in [0.05, 0.1) is 16.7 Å². The number of fused-ring (bicyclic) bond motifs is 1. The molecular weight excluding hydrogens is 242 g/mol. The molecule has 0 saturated carbocycles. The Morgan fingerprint density at radius 1 is 0.944 bits per heavy atom. The van der Waals surface area contributed by atoms with Gasteiger partial charge >= 0.3 is 17.9 Å². The summed E-state index contributed by atoms with van der Waals surface area (Å²) >= 11 is 0. The van der Waals surface area contributed by atoms with Crippen LogP contribution < -0.4 is 0 Å². The lowest BCUT2D eigenvalue weighted by atomic mass is 9.97. The lowest BCUT2D eigenvalue weighted by molar-refractivity contribution is 0.0634. The Hall–Kier alpha value is -2.83. The van der Waals surface area contributed by atoms with E-state index in [0.717, 1.165) is 6.07 Å². The largest absolute Gasteiger partial charge is 0.478 e. The fourth-order valence-electron chi connectivity index (χ4n) is 1.82. The summed E-state index contributed by atoms with van der Waals surface area (Å²) in [7, 11) is 0. The monoisotopic (exact) mass is 249 g/mol. The van der Waals surface area contributed by atoms with E-state index in [2.05, 4.69) is 4.98 Å². The predicted molar refractivity (Wildman–Crippen MR) is 59.2 cm³/mol. The summed E-state index contributed by atoms with van der Waals surface area (Å²) < 4.78 is 0. The van der Waals surface area contributed by atoms with Crippen LogP contribution in [-0.4, -0.2) is 38.2 Å². The Kier molecular flexibility index (Phi) is 2.51. The molecule has 0 fully saturated rings. The summed E-state index contributed by atoms with van der Waals surface area (Å²) in [6.45, 7) is 0. The summed E-state index contributed by atoms with van der Waals surface area (Å²) in [5.74, 6) is -4.57. The van der Waals surface area contributed by atoms with Crippen LogP contribution >= 0.6 is 0 Å². The molecule has 7 heteroatoms. The molecule has 1 heterocycles. The number of H-pyrrole nitrogens is 1. The van der Waals surface area contributed by atoms with Gasteiger partial charge in [-0.1, -0.05) is 0 Å². The number of carboxylic acid groups (broad SMARTS) is 3. The Balaban J connectivity index is 3.01. The van der Waals surface area contributed by atoms with Crippen LogP contribution in [0.5, 0.6) is 0 Å². The summed E-state index contributed by atoms with van der Waals surface area (Å²) in [6, 6.07) is 2.49. The number of aromatic carboxylic acids is 3. The first-order chi connectivity index (χ1) is 8.43. The fourth-order valence-corrected chi connectivity index (χ4v) is 1.82. The molecule has 0 aliphatic heterocycles. The van der Waals surface area contributed by atoms with E-state index in [4.69, 9.17) is 15.3 Å². The van der Waals surface area contributed by atoms with Crippen molar-refractivity contribution >= 4 is 28.8 Å². The van der Waals surface area contributed by atoms with Gasteiger partial charge in [0.15, 0.2) is 0 Å². The molecular formula is C11H7NO6. The van der Waals surface area contributed by atoms with Gasteiger partial charge in [0.25, 0.3) is 0 Å². The van der Waals surface area contributed by atoms with Crippen molar-refractivity contribution < 1.29 is 29.7 Å². The average Bonchev–Trinajstić information content (AvgIpc) is 2.72. The highest BCUT2D eigenvalue weighted by molar-refractivity contribution is 6.16. The van der Waals surface area contributed by atoms with Crippen LogP contribution in [0.3, 0.4) is 0 Å². The molecule has 0 radical (unpaired) electrons. The molecule has 1 aromatic carbocycles. The van der Waals surface area contributed by atoms with Crippen molar-refractivity contribution in [3.63, 3.8) is 0 Å². The van der Waals surface area contributed by atoms with E-state index in [1.807, 2.05) is 0 Å². The molecule has 4 N–H and O–H groups in total. The van der Waals surface area contributed by atoms with Gasteiger partial charge in [0, 0.05) is 17.1 Å². The van der Waals surface area contributed by atoms with Crippen molar-refractivity contribution in [3.8, 4) is 0 Å². The topological polar surface area (TPSA) is 128 Å². The van der Waals surface area contributed by atoms with Crippen LogP contribution in [0.25, 0.3) is 10.9 Å². The Bertz CT molecular complexity index is 684. The summed E-state index contributed by atoms with van der Waals surface area (Å²) in [5, 5.41) is 27.2. The number of hydrogen-bond acceptors (Lipinski definition) is 3. The number of benzene rings is 1. The molecule has 92 valence electrons. The molecule has 2 rings (SSSR count). The van der Waals surface area contributed by atoms with Gasteiger partial charge in [-0.25, -0.2) is 14.4 Å². The highest BCUT2D eigenvalue weighted by Gasteiger charge is 2.27. The Morgan fingerprint density at radius 2 is 1.56 bits per heavy atom. The van der Waals surface area contributed by atoms with E-state index in [1.54, 1.807) is 0 Å². The van der Waals surface area contributed by atoms with Crippen molar-refractivity contribution in [1.82, 2.24) is 4.98 Å². The minimum Gasteiger partial charge on any atom is -0.478 e. The van der Waals surface area contributed by atoms with Crippen molar-refractivity contribution in [2.24, 2.45) is 0 Å². The number of hydrogen-bond donors (Lipinski definition) is 4. The lowest BCUT2D eigenvalue weighted by Crippen LogP contribution is -2.15.